The van der Waals surface area contributed by atoms with E-state index in [1.807, 2.05) is 0 Å². The lowest BCUT2D eigenvalue weighted by atomic mass is 9.78. The lowest BCUT2D eigenvalue weighted by Crippen LogP contribution is -2.60. The standard InChI is InChI=1S/C11H20N2O3S/c12-10(14)13-11(6-2-1-3-7-11)9-5-4-8-17(9,15)16/h9H,1-8H2,(H3,12,13,14)/t9-/m1/s1. The van der Waals surface area contributed by atoms with Crippen molar-refractivity contribution >= 4 is 15.9 Å². The fourth-order valence-electron chi connectivity index (χ4n) is 3.37. The number of carbonyl (C=O) groups excluding carboxylic acids is 1. The van der Waals surface area contributed by atoms with Crippen molar-refractivity contribution in [3.8, 4) is 0 Å². The number of nitrogens with one attached hydrogen (secondary N) is 1. The quantitative estimate of drug-likeness (QED) is 0.774. The molecule has 0 radical (unpaired) electrons. The van der Waals surface area contributed by atoms with E-state index in [0.29, 0.717) is 12.8 Å². The van der Waals surface area contributed by atoms with Gasteiger partial charge in [0.2, 0.25) is 0 Å². The Bertz CT molecular complexity index is 399. The van der Waals surface area contributed by atoms with Crippen molar-refractivity contribution in [2.24, 2.45) is 5.73 Å². The molecule has 1 aliphatic heterocycles. The largest absolute Gasteiger partial charge is 0.352 e. The van der Waals surface area contributed by atoms with Crippen LogP contribution in [0, 0.1) is 0 Å². The molecule has 3 N–H and O–H groups in total. The van der Waals surface area contributed by atoms with Gasteiger partial charge in [-0.3, -0.25) is 0 Å². The summed E-state index contributed by atoms with van der Waals surface area (Å²) in [6.07, 6.45) is 5.87. The van der Waals surface area contributed by atoms with Gasteiger partial charge in [0.15, 0.2) is 9.84 Å². The van der Waals surface area contributed by atoms with E-state index in [1.165, 1.54) is 0 Å². The number of rotatable bonds is 2. The van der Waals surface area contributed by atoms with Crippen LogP contribution in [-0.2, 0) is 9.84 Å². The average molecular weight is 260 g/mol. The molecule has 1 saturated carbocycles. The highest BCUT2D eigenvalue weighted by Gasteiger charge is 2.49. The molecule has 0 aromatic carbocycles. The van der Waals surface area contributed by atoms with Crippen molar-refractivity contribution < 1.29 is 13.2 Å². The van der Waals surface area contributed by atoms with Gasteiger partial charge < -0.3 is 11.1 Å². The van der Waals surface area contributed by atoms with Crippen molar-refractivity contribution in [3.63, 3.8) is 0 Å². The first-order chi connectivity index (χ1) is 7.96. The average Bonchev–Trinajstić information content (AvgIpc) is 2.59. The van der Waals surface area contributed by atoms with Crippen LogP contribution in [0.5, 0.6) is 0 Å². The molecule has 1 saturated heterocycles. The molecule has 17 heavy (non-hydrogen) atoms. The Balaban J connectivity index is 2.29. The van der Waals surface area contributed by atoms with Crippen LogP contribution in [0.15, 0.2) is 0 Å². The summed E-state index contributed by atoms with van der Waals surface area (Å²) in [6.45, 7) is 0. The minimum absolute atomic E-state index is 0.250. The maximum atomic E-state index is 12.1. The van der Waals surface area contributed by atoms with Crippen molar-refractivity contribution in [1.29, 1.82) is 0 Å². The third kappa shape index (κ3) is 2.41. The number of hydrogen-bond acceptors (Lipinski definition) is 3. The molecule has 1 aliphatic carbocycles. The minimum atomic E-state index is -3.06. The second kappa shape index (κ2) is 4.48. The molecule has 2 amide bonds. The van der Waals surface area contributed by atoms with Crippen LogP contribution < -0.4 is 11.1 Å². The Morgan fingerprint density at radius 1 is 1.18 bits per heavy atom. The molecule has 0 bridgehead atoms. The van der Waals surface area contributed by atoms with Gasteiger partial charge in [-0.25, -0.2) is 13.2 Å². The summed E-state index contributed by atoms with van der Waals surface area (Å²) in [6, 6.07) is -0.603. The zero-order valence-corrected chi connectivity index (χ0v) is 10.8. The second-order valence-electron chi connectivity index (χ2n) is 5.20. The zero-order chi connectivity index (χ0) is 12.5. The molecule has 5 nitrogen and oxygen atoms in total. The van der Waals surface area contributed by atoms with E-state index in [4.69, 9.17) is 5.73 Å². The maximum Gasteiger partial charge on any atom is 0.312 e. The summed E-state index contributed by atoms with van der Waals surface area (Å²) in [4.78, 5) is 11.2. The van der Waals surface area contributed by atoms with Crippen molar-refractivity contribution in [1.82, 2.24) is 5.32 Å². The van der Waals surface area contributed by atoms with Crippen LogP contribution in [0.2, 0.25) is 0 Å². The summed E-state index contributed by atoms with van der Waals surface area (Å²) in [5, 5.41) is 2.32. The molecule has 2 fully saturated rings. The van der Waals surface area contributed by atoms with Crippen molar-refractivity contribution in [2.75, 3.05) is 5.75 Å². The summed E-state index contributed by atoms with van der Waals surface area (Å²) in [5.41, 5.74) is 4.62. The van der Waals surface area contributed by atoms with E-state index < -0.39 is 26.7 Å². The lowest BCUT2D eigenvalue weighted by molar-refractivity contribution is 0.203. The summed E-state index contributed by atoms with van der Waals surface area (Å²) in [7, 11) is -3.06. The van der Waals surface area contributed by atoms with Gasteiger partial charge in [0.25, 0.3) is 0 Å². The van der Waals surface area contributed by atoms with Crippen LogP contribution in [0.25, 0.3) is 0 Å². The minimum Gasteiger partial charge on any atom is -0.352 e. The van der Waals surface area contributed by atoms with E-state index in [9.17, 15) is 13.2 Å². The summed E-state index contributed by atoms with van der Waals surface area (Å²) < 4.78 is 24.1. The smallest absolute Gasteiger partial charge is 0.312 e. The third-order valence-corrected chi connectivity index (χ3v) is 6.47. The fraction of sp³-hybridized carbons (Fsp3) is 0.909. The van der Waals surface area contributed by atoms with Crippen LogP contribution in [-0.4, -0.2) is 31.0 Å². The molecule has 98 valence electrons. The van der Waals surface area contributed by atoms with Crippen molar-refractivity contribution in [2.45, 2.75) is 55.7 Å². The number of sulfone groups is 1. The number of primary amides is 1. The van der Waals surface area contributed by atoms with E-state index in [0.717, 1.165) is 32.1 Å². The highest BCUT2D eigenvalue weighted by Crippen LogP contribution is 2.39. The molecular formula is C11H20N2O3S. The molecule has 0 aromatic heterocycles. The van der Waals surface area contributed by atoms with E-state index in [-0.39, 0.29) is 5.75 Å². The first-order valence-corrected chi connectivity index (χ1v) is 7.97. The number of amides is 2. The zero-order valence-electron chi connectivity index (χ0n) is 9.94. The Morgan fingerprint density at radius 3 is 2.29 bits per heavy atom. The monoisotopic (exact) mass is 260 g/mol. The fourth-order valence-corrected chi connectivity index (χ4v) is 5.73. The first-order valence-electron chi connectivity index (χ1n) is 6.25. The predicted molar refractivity (Wildman–Crippen MR) is 65.3 cm³/mol. The molecule has 0 unspecified atom stereocenters. The first kappa shape index (κ1) is 12.7. The Labute approximate surface area is 102 Å². The van der Waals surface area contributed by atoms with Gasteiger partial charge in [-0.2, -0.15) is 0 Å². The lowest BCUT2D eigenvalue weighted by Gasteiger charge is -2.41. The van der Waals surface area contributed by atoms with E-state index in [2.05, 4.69) is 5.32 Å². The molecular weight excluding hydrogens is 240 g/mol. The number of urea groups is 1. The SMILES string of the molecule is NC(=O)NC1([C@H]2CCCS2(=O)=O)CCCCC1. The molecule has 2 rings (SSSR count). The molecule has 0 spiro atoms. The second-order valence-corrected chi connectivity index (χ2v) is 7.51. The normalized spacial score (nSPS) is 30.9. The van der Waals surface area contributed by atoms with Gasteiger partial charge in [0.1, 0.15) is 0 Å². The van der Waals surface area contributed by atoms with Crippen LogP contribution in [0.4, 0.5) is 4.79 Å². The highest BCUT2D eigenvalue weighted by atomic mass is 32.2. The van der Waals surface area contributed by atoms with Crippen LogP contribution >= 0.6 is 0 Å². The van der Waals surface area contributed by atoms with E-state index in [1.54, 1.807) is 0 Å². The van der Waals surface area contributed by atoms with Gasteiger partial charge in [-0.05, 0) is 25.7 Å². The van der Waals surface area contributed by atoms with Gasteiger partial charge in [0.05, 0.1) is 16.5 Å². The van der Waals surface area contributed by atoms with Gasteiger partial charge in [-0.15, -0.1) is 0 Å². The van der Waals surface area contributed by atoms with E-state index >= 15 is 0 Å². The Kier molecular flexibility index (Phi) is 3.34. The third-order valence-electron chi connectivity index (χ3n) is 4.06. The Hall–Kier alpha value is -0.780. The number of hydrogen-bond donors (Lipinski definition) is 2. The summed E-state index contributed by atoms with van der Waals surface area (Å²) >= 11 is 0. The van der Waals surface area contributed by atoms with Gasteiger partial charge in [-0.1, -0.05) is 19.3 Å². The molecule has 1 heterocycles. The topological polar surface area (TPSA) is 89.3 Å². The molecule has 2 aliphatic rings. The Morgan fingerprint density at radius 2 is 1.82 bits per heavy atom. The van der Waals surface area contributed by atoms with Crippen LogP contribution in [0.1, 0.15) is 44.9 Å². The highest BCUT2D eigenvalue weighted by molar-refractivity contribution is 7.92. The van der Waals surface area contributed by atoms with Gasteiger partial charge in [0, 0.05) is 0 Å². The molecule has 1 atom stereocenters. The molecule has 0 aromatic rings. The maximum absolute atomic E-state index is 12.1. The van der Waals surface area contributed by atoms with Crippen molar-refractivity contribution in [3.05, 3.63) is 0 Å². The van der Waals surface area contributed by atoms with Gasteiger partial charge >= 0.3 is 6.03 Å². The van der Waals surface area contributed by atoms with Crippen LogP contribution in [0.3, 0.4) is 0 Å². The predicted octanol–water partition coefficient (Wildman–Crippen LogP) is 0.935. The molecule has 6 heteroatoms. The number of carbonyl (C=O) groups is 1. The summed E-state index contributed by atoms with van der Waals surface area (Å²) in [5.74, 6) is 0.250. The number of nitrogens with two attached hydrogens (primary N) is 1.